The second kappa shape index (κ2) is 8.77. The van der Waals surface area contributed by atoms with E-state index in [9.17, 15) is 9.18 Å². The van der Waals surface area contributed by atoms with Crippen LogP contribution in [0, 0.1) is 5.82 Å². The maximum absolute atomic E-state index is 14.4. The number of benzene rings is 1. The van der Waals surface area contributed by atoms with Gasteiger partial charge in [-0.1, -0.05) is 12.1 Å². The zero-order valence-electron chi connectivity index (χ0n) is 15.5. The summed E-state index contributed by atoms with van der Waals surface area (Å²) in [5.74, 6) is -0.104. The molecule has 0 unspecified atom stereocenters. The molecule has 1 aliphatic rings. The lowest BCUT2D eigenvalue weighted by molar-refractivity contribution is 0.179. The second-order valence-corrected chi connectivity index (χ2v) is 6.32. The van der Waals surface area contributed by atoms with Gasteiger partial charge >= 0.3 is 6.09 Å². The number of hydrogen-bond donors (Lipinski definition) is 2. The highest BCUT2D eigenvalue weighted by Gasteiger charge is 2.18. The number of nitrogens with one attached hydrogen (secondary N) is 2. The highest BCUT2D eigenvalue weighted by molar-refractivity contribution is 5.88. The second-order valence-electron chi connectivity index (χ2n) is 6.32. The predicted octanol–water partition coefficient (Wildman–Crippen LogP) is 3.04. The third-order valence-corrected chi connectivity index (χ3v) is 4.56. The first-order chi connectivity index (χ1) is 13.1. The molecule has 0 bridgehead atoms. The van der Waals surface area contributed by atoms with Crippen LogP contribution in [0.25, 0.3) is 11.3 Å². The molecule has 1 amide bonds. The molecule has 0 spiro atoms. The Kier molecular flexibility index (Phi) is 6.18. The molecule has 144 valence electrons. The Morgan fingerprint density at radius 1 is 1.41 bits per heavy atom. The van der Waals surface area contributed by atoms with Crippen LogP contribution in [0.2, 0.25) is 0 Å². The normalized spacial score (nSPS) is 14.6. The van der Waals surface area contributed by atoms with Crippen LogP contribution < -0.4 is 15.5 Å². The lowest BCUT2D eigenvalue weighted by Gasteiger charge is -2.23. The third kappa shape index (κ3) is 4.51. The van der Waals surface area contributed by atoms with E-state index in [1.54, 1.807) is 24.3 Å². The maximum atomic E-state index is 14.4. The molecular formula is C19H24FN5O2. The van der Waals surface area contributed by atoms with E-state index in [4.69, 9.17) is 4.74 Å². The number of ether oxygens (including phenoxy) is 1. The van der Waals surface area contributed by atoms with Crippen LogP contribution in [-0.2, 0) is 4.74 Å². The van der Waals surface area contributed by atoms with Crippen LogP contribution in [0.3, 0.4) is 0 Å². The van der Waals surface area contributed by atoms with Crippen molar-refractivity contribution in [2.75, 3.05) is 37.0 Å². The fraction of sp³-hybridized carbons (Fsp3) is 0.421. The number of piperidine rings is 1. The van der Waals surface area contributed by atoms with Gasteiger partial charge in [0.25, 0.3) is 0 Å². The fourth-order valence-electron chi connectivity index (χ4n) is 3.14. The first kappa shape index (κ1) is 19.0. The molecule has 1 saturated heterocycles. The van der Waals surface area contributed by atoms with Gasteiger partial charge in [0.05, 0.1) is 13.3 Å². The number of aromatic nitrogens is 2. The van der Waals surface area contributed by atoms with Crippen molar-refractivity contribution in [2.45, 2.75) is 25.8 Å². The van der Waals surface area contributed by atoms with Crippen molar-refractivity contribution < 1.29 is 13.9 Å². The fourth-order valence-corrected chi connectivity index (χ4v) is 3.14. The molecule has 27 heavy (non-hydrogen) atoms. The van der Waals surface area contributed by atoms with Crippen LogP contribution in [0.1, 0.15) is 19.8 Å². The van der Waals surface area contributed by atoms with E-state index in [0.717, 1.165) is 25.9 Å². The molecule has 1 aromatic carbocycles. The van der Waals surface area contributed by atoms with Gasteiger partial charge in [0.15, 0.2) is 5.82 Å². The molecule has 0 saturated carbocycles. The van der Waals surface area contributed by atoms with Crippen molar-refractivity contribution in [2.24, 2.45) is 0 Å². The van der Waals surface area contributed by atoms with Crippen molar-refractivity contribution in [1.82, 2.24) is 15.3 Å². The SMILES string of the molecule is CCN(C(=O)OC)c1cccc(-c2nc(NC3CCNCC3)ncc2F)c1. The lowest BCUT2D eigenvalue weighted by Crippen LogP contribution is -2.35. The molecule has 0 radical (unpaired) electrons. The molecule has 1 aliphatic heterocycles. The van der Waals surface area contributed by atoms with E-state index < -0.39 is 11.9 Å². The first-order valence-corrected chi connectivity index (χ1v) is 9.08. The summed E-state index contributed by atoms with van der Waals surface area (Å²) in [6, 6.07) is 7.29. The summed E-state index contributed by atoms with van der Waals surface area (Å²) in [4.78, 5) is 21.8. The molecule has 2 aromatic rings. The monoisotopic (exact) mass is 373 g/mol. The van der Waals surface area contributed by atoms with Crippen LogP contribution in [0.4, 0.5) is 20.8 Å². The Morgan fingerprint density at radius 3 is 2.89 bits per heavy atom. The summed E-state index contributed by atoms with van der Waals surface area (Å²) in [7, 11) is 1.33. The van der Waals surface area contributed by atoms with E-state index in [-0.39, 0.29) is 11.7 Å². The van der Waals surface area contributed by atoms with E-state index >= 15 is 0 Å². The van der Waals surface area contributed by atoms with Crippen LogP contribution in [-0.4, -0.2) is 48.8 Å². The standard InChI is InChI=1S/C19H24FN5O2/c1-3-25(19(26)27-2)15-6-4-5-13(11-15)17-16(20)12-22-18(24-17)23-14-7-9-21-10-8-14/h4-6,11-12,14,21H,3,7-10H2,1-2H3,(H,22,23,24). The Balaban J connectivity index is 1.88. The van der Waals surface area contributed by atoms with Crippen molar-refractivity contribution in [1.29, 1.82) is 0 Å². The summed E-state index contributed by atoms with van der Waals surface area (Å²) in [5.41, 5.74) is 1.39. The van der Waals surface area contributed by atoms with E-state index in [1.165, 1.54) is 18.2 Å². The van der Waals surface area contributed by atoms with Gasteiger partial charge in [-0.05, 0) is 45.0 Å². The van der Waals surface area contributed by atoms with Crippen LogP contribution >= 0.6 is 0 Å². The number of halogens is 1. The highest BCUT2D eigenvalue weighted by Crippen LogP contribution is 2.26. The van der Waals surface area contributed by atoms with E-state index in [2.05, 4.69) is 20.6 Å². The minimum atomic E-state index is -0.510. The summed E-state index contributed by atoms with van der Waals surface area (Å²) in [6.45, 7) is 4.16. The van der Waals surface area contributed by atoms with Gasteiger partial charge in [-0.25, -0.2) is 19.2 Å². The first-order valence-electron chi connectivity index (χ1n) is 9.08. The number of hydrogen-bond acceptors (Lipinski definition) is 6. The molecule has 7 nitrogen and oxygen atoms in total. The average Bonchev–Trinajstić information content (AvgIpc) is 2.71. The number of anilines is 2. The Bertz CT molecular complexity index is 795. The summed E-state index contributed by atoms with van der Waals surface area (Å²) in [6.07, 6.45) is 2.65. The van der Waals surface area contributed by atoms with Gasteiger partial charge in [-0.2, -0.15) is 0 Å². The zero-order chi connectivity index (χ0) is 19.2. The molecule has 0 aliphatic carbocycles. The summed E-state index contributed by atoms with van der Waals surface area (Å²) < 4.78 is 19.2. The number of carbonyl (C=O) groups is 1. The van der Waals surface area contributed by atoms with Crippen molar-refractivity contribution in [3.05, 3.63) is 36.3 Å². The van der Waals surface area contributed by atoms with Gasteiger partial charge in [-0.15, -0.1) is 0 Å². The number of nitrogens with zero attached hydrogens (tertiary/aromatic N) is 3. The van der Waals surface area contributed by atoms with Gasteiger partial charge in [0.1, 0.15) is 5.69 Å². The third-order valence-electron chi connectivity index (χ3n) is 4.56. The topological polar surface area (TPSA) is 79.4 Å². The van der Waals surface area contributed by atoms with Crippen molar-refractivity contribution >= 4 is 17.7 Å². The Hall–Kier alpha value is -2.74. The van der Waals surface area contributed by atoms with Crippen molar-refractivity contribution in [3.8, 4) is 11.3 Å². The van der Waals surface area contributed by atoms with Gasteiger partial charge in [0.2, 0.25) is 5.95 Å². The smallest absolute Gasteiger partial charge is 0.413 e. The minimum absolute atomic E-state index is 0.198. The van der Waals surface area contributed by atoms with Gasteiger partial charge in [-0.3, -0.25) is 4.90 Å². The number of methoxy groups -OCH3 is 1. The predicted molar refractivity (Wildman–Crippen MR) is 102 cm³/mol. The molecule has 1 aromatic heterocycles. The van der Waals surface area contributed by atoms with Crippen molar-refractivity contribution in [3.63, 3.8) is 0 Å². The van der Waals surface area contributed by atoms with Crippen LogP contribution in [0.5, 0.6) is 0 Å². The quantitative estimate of drug-likeness (QED) is 0.839. The number of amides is 1. The average molecular weight is 373 g/mol. The summed E-state index contributed by atoms with van der Waals surface area (Å²) >= 11 is 0. The summed E-state index contributed by atoms with van der Waals surface area (Å²) in [5, 5.41) is 6.58. The molecule has 3 rings (SSSR count). The number of rotatable bonds is 5. The number of carbonyl (C=O) groups excluding carboxylic acids is 1. The Morgan fingerprint density at radius 2 is 2.19 bits per heavy atom. The maximum Gasteiger partial charge on any atom is 0.413 e. The Labute approximate surface area is 158 Å². The van der Waals surface area contributed by atoms with E-state index in [1.807, 2.05) is 6.92 Å². The largest absolute Gasteiger partial charge is 0.452 e. The molecular weight excluding hydrogens is 349 g/mol. The highest BCUT2D eigenvalue weighted by atomic mass is 19.1. The van der Waals surface area contributed by atoms with E-state index in [0.29, 0.717) is 23.7 Å². The molecule has 2 heterocycles. The molecule has 1 fully saturated rings. The van der Waals surface area contributed by atoms with Crippen LogP contribution in [0.15, 0.2) is 30.5 Å². The molecule has 8 heteroatoms. The molecule has 2 N–H and O–H groups in total. The lowest BCUT2D eigenvalue weighted by atomic mass is 10.1. The molecule has 0 atom stereocenters. The zero-order valence-corrected chi connectivity index (χ0v) is 15.5. The van der Waals surface area contributed by atoms with Gasteiger partial charge in [0, 0.05) is 23.8 Å². The minimum Gasteiger partial charge on any atom is -0.452 e. The van der Waals surface area contributed by atoms with Gasteiger partial charge < -0.3 is 15.4 Å².